The Morgan fingerprint density at radius 1 is 1.19 bits per heavy atom. The van der Waals surface area contributed by atoms with Crippen LogP contribution in [0.25, 0.3) is 5.65 Å². The van der Waals surface area contributed by atoms with Gasteiger partial charge >= 0.3 is 0 Å². The lowest BCUT2D eigenvalue weighted by atomic mass is 10.2. The van der Waals surface area contributed by atoms with Gasteiger partial charge in [-0.25, -0.2) is 0 Å². The average molecular weight is 309 g/mol. The van der Waals surface area contributed by atoms with Gasteiger partial charge in [-0.2, -0.15) is 17.4 Å². The molecule has 1 aliphatic heterocycles. The predicted octanol–water partition coefficient (Wildman–Crippen LogP) is 1.11. The average Bonchev–Trinajstić information content (AvgIpc) is 2.92. The van der Waals surface area contributed by atoms with Gasteiger partial charge < -0.3 is 0 Å². The minimum absolute atomic E-state index is 0.436. The van der Waals surface area contributed by atoms with Crippen molar-refractivity contribution in [3.8, 4) is 0 Å². The van der Waals surface area contributed by atoms with Crippen LogP contribution in [-0.2, 0) is 10.2 Å². The molecule has 2 aromatic heterocycles. The van der Waals surface area contributed by atoms with Crippen LogP contribution in [0.5, 0.6) is 0 Å². The molecule has 8 heteroatoms. The van der Waals surface area contributed by atoms with E-state index in [2.05, 4.69) is 14.9 Å². The second-order valence-corrected chi connectivity index (χ2v) is 6.99. The molecule has 0 amide bonds. The number of nitrogens with one attached hydrogen (secondary N) is 1. The van der Waals surface area contributed by atoms with Crippen molar-refractivity contribution in [2.45, 2.75) is 32.2 Å². The van der Waals surface area contributed by atoms with Crippen LogP contribution in [0.2, 0.25) is 0 Å². The first-order valence-electron chi connectivity index (χ1n) is 7.15. The summed E-state index contributed by atoms with van der Waals surface area (Å²) in [5.74, 6) is 0.589. The Morgan fingerprint density at radius 3 is 2.71 bits per heavy atom. The summed E-state index contributed by atoms with van der Waals surface area (Å²) in [6, 6.07) is 5.14. The van der Waals surface area contributed by atoms with E-state index in [0.29, 0.717) is 24.6 Å². The first kappa shape index (κ1) is 14.4. The third kappa shape index (κ3) is 2.92. The third-order valence-electron chi connectivity index (χ3n) is 3.71. The number of hydrogen-bond donors (Lipinski definition) is 1. The quantitative estimate of drug-likeness (QED) is 0.917. The summed E-state index contributed by atoms with van der Waals surface area (Å²) in [6.07, 6.45) is 4.76. The van der Waals surface area contributed by atoms with Crippen LogP contribution in [0.1, 0.15) is 38.1 Å². The van der Waals surface area contributed by atoms with E-state index < -0.39 is 16.3 Å². The summed E-state index contributed by atoms with van der Waals surface area (Å²) >= 11 is 0. The molecule has 0 bridgehead atoms. The molecule has 0 aliphatic carbocycles. The Labute approximate surface area is 124 Å². The van der Waals surface area contributed by atoms with Gasteiger partial charge in [0.05, 0.1) is 6.04 Å². The van der Waals surface area contributed by atoms with Gasteiger partial charge in [0.2, 0.25) is 0 Å². The molecule has 1 unspecified atom stereocenters. The van der Waals surface area contributed by atoms with Gasteiger partial charge in [0, 0.05) is 19.3 Å². The maximum absolute atomic E-state index is 12.4. The highest BCUT2D eigenvalue weighted by atomic mass is 32.2. The molecular formula is C13H19N5O2S. The first-order valence-corrected chi connectivity index (χ1v) is 8.59. The van der Waals surface area contributed by atoms with E-state index in [1.165, 1.54) is 4.31 Å². The van der Waals surface area contributed by atoms with Crippen LogP contribution in [0.15, 0.2) is 24.4 Å². The summed E-state index contributed by atoms with van der Waals surface area (Å²) in [7, 11) is -3.48. The molecule has 0 radical (unpaired) electrons. The Kier molecular flexibility index (Phi) is 3.92. The van der Waals surface area contributed by atoms with Gasteiger partial charge in [-0.15, -0.1) is 10.2 Å². The smallest absolute Gasteiger partial charge is 0.280 e. The Morgan fingerprint density at radius 2 is 1.95 bits per heavy atom. The second kappa shape index (κ2) is 5.70. The van der Waals surface area contributed by atoms with Crippen LogP contribution in [0, 0.1) is 0 Å². The van der Waals surface area contributed by atoms with Crippen molar-refractivity contribution in [2.24, 2.45) is 0 Å². The normalized spacial score (nSPS) is 18.9. The molecule has 3 heterocycles. The fourth-order valence-corrected chi connectivity index (χ4v) is 4.05. The monoisotopic (exact) mass is 309 g/mol. The Balaban J connectivity index is 1.80. The molecule has 114 valence electrons. The lowest BCUT2D eigenvalue weighted by Crippen LogP contribution is -2.44. The largest absolute Gasteiger partial charge is 0.285 e. The highest BCUT2D eigenvalue weighted by Gasteiger charge is 2.27. The van der Waals surface area contributed by atoms with Gasteiger partial charge in [0.15, 0.2) is 11.5 Å². The number of pyridine rings is 1. The predicted molar refractivity (Wildman–Crippen MR) is 78.9 cm³/mol. The molecule has 3 rings (SSSR count). The van der Waals surface area contributed by atoms with Crippen LogP contribution >= 0.6 is 0 Å². The summed E-state index contributed by atoms with van der Waals surface area (Å²) in [5, 5.41) is 8.14. The number of fused-ring (bicyclic) bond motifs is 1. The fraction of sp³-hybridized carbons (Fsp3) is 0.538. The zero-order valence-corrected chi connectivity index (χ0v) is 12.8. The van der Waals surface area contributed by atoms with E-state index in [4.69, 9.17) is 0 Å². The molecule has 1 fully saturated rings. The zero-order chi connectivity index (χ0) is 14.9. The van der Waals surface area contributed by atoms with E-state index in [0.717, 1.165) is 19.3 Å². The maximum Gasteiger partial charge on any atom is 0.280 e. The standard InChI is InChI=1S/C13H19N5O2S/c1-11(13-15-14-12-7-3-6-10-18(12)13)16-21(19,20)17-8-4-2-5-9-17/h3,6-7,10-11,16H,2,4-5,8-9H2,1H3. The molecule has 1 saturated heterocycles. The molecular weight excluding hydrogens is 290 g/mol. The molecule has 0 aromatic carbocycles. The van der Waals surface area contributed by atoms with Crippen molar-refractivity contribution in [3.05, 3.63) is 30.2 Å². The topological polar surface area (TPSA) is 79.6 Å². The number of aromatic nitrogens is 3. The zero-order valence-electron chi connectivity index (χ0n) is 11.9. The summed E-state index contributed by atoms with van der Waals surface area (Å²) in [6.45, 7) is 2.95. The Bertz CT molecular complexity index is 721. The summed E-state index contributed by atoms with van der Waals surface area (Å²) < 4.78 is 30.8. The van der Waals surface area contributed by atoms with Gasteiger partial charge in [-0.3, -0.25) is 4.40 Å². The molecule has 2 aromatic rings. The third-order valence-corrected chi connectivity index (χ3v) is 5.40. The summed E-state index contributed by atoms with van der Waals surface area (Å²) in [5.41, 5.74) is 0.705. The number of hydrogen-bond acceptors (Lipinski definition) is 4. The summed E-state index contributed by atoms with van der Waals surface area (Å²) in [4.78, 5) is 0. The molecule has 21 heavy (non-hydrogen) atoms. The van der Waals surface area contributed by atoms with Crippen molar-refractivity contribution in [1.29, 1.82) is 0 Å². The number of rotatable bonds is 4. The highest BCUT2D eigenvalue weighted by Crippen LogP contribution is 2.17. The van der Waals surface area contributed by atoms with Gasteiger partial charge in [-0.1, -0.05) is 12.5 Å². The van der Waals surface area contributed by atoms with E-state index >= 15 is 0 Å². The molecule has 0 saturated carbocycles. The first-order chi connectivity index (χ1) is 10.1. The fourth-order valence-electron chi connectivity index (χ4n) is 2.61. The van der Waals surface area contributed by atoms with Gasteiger partial charge in [0.25, 0.3) is 10.2 Å². The van der Waals surface area contributed by atoms with Gasteiger partial charge in [0.1, 0.15) is 0 Å². The van der Waals surface area contributed by atoms with E-state index in [1.807, 2.05) is 24.4 Å². The van der Waals surface area contributed by atoms with Crippen LogP contribution in [-0.4, -0.2) is 40.4 Å². The maximum atomic E-state index is 12.4. The SMILES string of the molecule is CC(NS(=O)(=O)N1CCCCC1)c1nnc2ccccn12. The van der Waals surface area contributed by atoms with Crippen LogP contribution < -0.4 is 4.72 Å². The Hall–Kier alpha value is -1.51. The van der Waals surface area contributed by atoms with Crippen molar-refractivity contribution in [3.63, 3.8) is 0 Å². The highest BCUT2D eigenvalue weighted by molar-refractivity contribution is 7.87. The van der Waals surface area contributed by atoms with E-state index in [9.17, 15) is 8.42 Å². The van der Waals surface area contributed by atoms with Gasteiger partial charge in [-0.05, 0) is 31.9 Å². The molecule has 1 atom stereocenters. The van der Waals surface area contributed by atoms with Crippen molar-refractivity contribution < 1.29 is 8.42 Å². The molecule has 1 N–H and O–H groups in total. The lowest BCUT2D eigenvalue weighted by molar-refractivity contribution is 0.339. The molecule has 1 aliphatic rings. The van der Waals surface area contributed by atoms with Crippen molar-refractivity contribution >= 4 is 15.9 Å². The number of nitrogens with zero attached hydrogens (tertiary/aromatic N) is 4. The second-order valence-electron chi connectivity index (χ2n) is 5.29. The van der Waals surface area contributed by atoms with Crippen molar-refractivity contribution in [2.75, 3.05) is 13.1 Å². The van der Waals surface area contributed by atoms with E-state index in [-0.39, 0.29) is 0 Å². The van der Waals surface area contributed by atoms with E-state index in [1.54, 1.807) is 11.3 Å². The minimum Gasteiger partial charge on any atom is -0.285 e. The lowest BCUT2D eigenvalue weighted by Gasteiger charge is -2.27. The van der Waals surface area contributed by atoms with Crippen LogP contribution in [0.4, 0.5) is 0 Å². The van der Waals surface area contributed by atoms with Crippen molar-refractivity contribution in [1.82, 2.24) is 23.6 Å². The minimum atomic E-state index is -3.48. The van der Waals surface area contributed by atoms with Crippen LogP contribution in [0.3, 0.4) is 0 Å². The molecule has 0 spiro atoms. The molecule has 7 nitrogen and oxygen atoms in total. The number of piperidine rings is 1.